The zero-order chi connectivity index (χ0) is 15.1. The predicted molar refractivity (Wildman–Crippen MR) is 87.3 cm³/mol. The molecule has 3 heteroatoms. The maximum absolute atomic E-state index is 7.47. The smallest absolute Gasteiger partial charge is 0.231 e. The first-order valence-corrected chi connectivity index (χ1v) is 7.52. The van der Waals surface area contributed by atoms with Crippen molar-refractivity contribution in [2.24, 2.45) is 0 Å². The number of aryl methyl sites for hydroxylation is 3. The van der Waals surface area contributed by atoms with Crippen molar-refractivity contribution >= 4 is 11.5 Å². The van der Waals surface area contributed by atoms with Gasteiger partial charge >= 0.3 is 0 Å². The van der Waals surface area contributed by atoms with Gasteiger partial charge in [-0.15, -0.1) is 0 Å². The SMILES string of the molecule is [C-]#[N+]c1c2c(n(-c3c(C)cc(C)cc3C)c1N)CCCC2. The Bertz CT molecular complexity index is 737. The minimum atomic E-state index is 0.618. The zero-order valence-electron chi connectivity index (χ0n) is 13.0. The Labute approximate surface area is 126 Å². The molecule has 2 N–H and O–H groups in total. The molecule has 1 aromatic heterocycles. The van der Waals surface area contributed by atoms with Gasteiger partial charge in [0.05, 0.1) is 12.3 Å². The molecule has 0 radical (unpaired) electrons. The van der Waals surface area contributed by atoms with Gasteiger partial charge in [0.1, 0.15) is 5.82 Å². The highest BCUT2D eigenvalue weighted by molar-refractivity contribution is 5.75. The maximum Gasteiger partial charge on any atom is 0.231 e. The first-order chi connectivity index (χ1) is 10.0. The van der Waals surface area contributed by atoms with Crippen molar-refractivity contribution in [1.29, 1.82) is 0 Å². The highest BCUT2D eigenvalue weighted by Gasteiger charge is 2.25. The van der Waals surface area contributed by atoms with Crippen molar-refractivity contribution in [3.8, 4) is 5.69 Å². The second-order valence-electron chi connectivity index (χ2n) is 6.06. The molecule has 1 heterocycles. The molecule has 0 aliphatic heterocycles. The van der Waals surface area contributed by atoms with Crippen LogP contribution in [0.5, 0.6) is 0 Å². The summed E-state index contributed by atoms with van der Waals surface area (Å²) in [6, 6.07) is 4.38. The molecule has 2 aromatic rings. The fraction of sp³-hybridized carbons (Fsp3) is 0.389. The largest absolute Gasteiger partial charge is 0.394 e. The van der Waals surface area contributed by atoms with Gasteiger partial charge in [-0.25, -0.2) is 4.85 Å². The van der Waals surface area contributed by atoms with Gasteiger partial charge in [-0.1, -0.05) is 24.1 Å². The summed E-state index contributed by atoms with van der Waals surface area (Å²) < 4.78 is 2.14. The summed E-state index contributed by atoms with van der Waals surface area (Å²) in [5, 5.41) is 0. The van der Waals surface area contributed by atoms with Crippen LogP contribution in [0.25, 0.3) is 10.5 Å². The molecule has 21 heavy (non-hydrogen) atoms. The molecular formula is C18H21N3. The Kier molecular flexibility index (Phi) is 3.25. The molecular weight excluding hydrogens is 258 g/mol. The van der Waals surface area contributed by atoms with Crippen LogP contribution < -0.4 is 5.73 Å². The summed E-state index contributed by atoms with van der Waals surface area (Å²) in [7, 11) is 0. The van der Waals surface area contributed by atoms with Gasteiger partial charge in [0.15, 0.2) is 0 Å². The van der Waals surface area contributed by atoms with Crippen LogP contribution >= 0.6 is 0 Å². The first kappa shape index (κ1) is 13.8. The number of rotatable bonds is 1. The molecule has 0 atom stereocenters. The topological polar surface area (TPSA) is 35.3 Å². The van der Waals surface area contributed by atoms with Crippen LogP contribution in [0.1, 0.15) is 40.8 Å². The molecule has 0 amide bonds. The molecule has 3 nitrogen and oxygen atoms in total. The van der Waals surface area contributed by atoms with Gasteiger partial charge in [-0.05, 0) is 56.7 Å². The van der Waals surface area contributed by atoms with Crippen molar-refractivity contribution in [3.05, 3.63) is 51.5 Å². The summed E-state index contributed by atoms with van der Waals surface area (Å²) in [5.74, 6) is 0.618. The summed E-state index contributed by atoms with van der Waals surface area (Å²) in [4.78, 5) is 3.71. The van der Waals surface area contributed by atoms with E-state index in [1.807, 2.05) is 0 Å². The number of anilines is 1. The molecule has 0 unspecified atom stereocenters. The molecule has 3 rings (SSSR count). The Hall–Kier alpha value is -2.21. The molecule has 0 bridgehead atoms. The number of nitrogens with two attached hydrogens (primary N) is 1. The molecule has 1 aliphatic rings. The fourth-order valence-corrected chi connectivity index (χ4v) is 3.70. The normalized spacial score (nSPS) is 13.8. The van der Waals surface area contributed by atoms with Crippen LogP contribution in [0.2, 0.25) is 0 Å². The van der Waals surface area contributed by atoms with Crippen LogP contribution in [0, 0.1) is 27.3 Å². The number of nitrogens with zero attached hydrogens (tertiary/aromatic N) is 2. The summed E-state index contributed by atoms with van der Waals surface area (Å²) >= 11 is 0. The van der Waals surface area contributed by atoms with E-state index in [-0.39, 0.29) is 0 Å². The average Bonchev–Trinajstić information content (AvgIpc) is 2.70. The van der Waals surface area contributed by atoms with Gasteiger partial charge in [0.2, 0.25) is 5.69 Å². The van der Waals surface area contributed by atoms with E-state index in [1.165, 1.54) is 34.4 Å². The highest BCUT2D eigenvalue weighted by Crippen LogP contribution is 2.41. The van der Waals surface area contributed by atoms with Gasteiger partial charge in [-0.3, -0.25) is 0 Å². The number of benzene rings is 1. The van der Waals surface area contributed by atoms with Crippen molar-refractivity contribution in [3.63, 3.8) is 0 Å². The van der Waals surface area contributed by atoms with Gasteiger partial charge in [0, 0.05) is 5.69 Å². The van der Waals surface area contributed by atoms with E-state index in [1.54, 1.807) is 0 Å². The van der Waals surface area contributed by atoms with E-state index in [0.717, 1.165) is 24.9 Å². The zero-order valence-corrected chi connectivity index (χ0v) is 13.0. The maximum atomic E-state index is 7.47. The van der Waals surface area contributed by atoms with Crippen molar-refractivity contribution in [2.75, 3.05) is 5.73 Å². The monoisotopic (exact) mass is 279 g/mol. The number of fused-ring (bicyclic) bond motifs is 1. The first-order valence-electron chi connectivity index (χ1n) is 7.52. The lowest BCUT2D eigenvalue weighted by atomic mass is 9.96. The van der Waals surface area contributed by atoms with Gasteiger partial charge < -0.3 is 10.3 Å². The lowest BCUT2D eigenvalue weighted by Gasteiger charge is -2.20. The molecule has 1 aliphatic carbocycles. The molecule has 1 aromatic carbocycles. The van der Waals surface area contributed by atoms with E-state index in [0.29, 0.717) is 11.5 Å². The van der Waals surface area contributed by atoms with E-state index in [4.69, 9.17) is 12.3 Å². The molecule has 0 saturated carbocycles. The third-order valence-corrected chi connectivity index (χ3v) is 4.45. The van der Waals surface area contributed by atoms with E-state index in [9.17, 15) is 0 Å². The minimum absolute atomic E-state index is 0.618. The van der Waals surface area contributed by atoms with Crippen LogP contribution in [-0.4, -0.2) is 4.57 Å². The molecule has 0 saturated heterocycles. The standard InChI is InChI=1S/C18H21N3/c1-11-9-12(2)17(13(3)10-11)21-15-8-6-5-7-14(15)16(20-4)18(21)19/h9-10H,5-8,19H2,1-3H3. The predicted octanol–water partition coefficient (Wildman–Crippen LogP) is 4.41. The van der Waals surface area contributed by atoms with E-state index < -0.39 is 0 Å². The van der Waals surface area contributed by atoms with Crippen LogP contribution in [0.3, 0.4) is 0 Å². The fourth-order valence-electron chi connectivity index (χ4n) is 3.70. The average molecular weight is 279 g/mol. The molecule has 108 valence electrons. The summed E-state index contributed by atoms with van der Waals surface area (Å²) in [6.07, 6.45) is 4.33. The number of hydrogen-bond acceptors (Lipinski definition) is 1. The Morgan fingerprint density at radius 3 is 2.33 bits per heavy atom. The van der Waals surface area contributed by atoms with Gasteiger partial charge in [0.25, 0.3) is 0 Å². The van der Waals surface area contributed by atoms with Crippen molar-refractivity contribution < 1.29 is 0 Å². The molecule has 0 fully saturated rings. The van der Waals surface area contributed by atoms with Crippen LogP contribution in [0.15, 0.2) is 12.1 Å². The molecule has 0 spiro atoms. The quantitative estimate of drug-likeness (QED) is 0.771. The van der Waals surface area contributed by atoms with Gasteiger partial charge in [-0.2, -0.15) is 0 Å². The number of aromatic nitrogens is 1. The van der Waals surface area contributed by atoms with Crippen LogP contribution in [-0.2, 0) is 12.8 Å². The third kappa shape index (κ3) is 2.03. The second-order valence-corrected chi connectivity index (χ2v) is 6.06. The Balaban J connectivity index is 2.34. The minimum Gasteiger partial charge on any atom is -0.394 e. The highest BCUT2D eigenvalue weighted by atomic mass is 15.1. The Morgan fingerprint density at radius 1 is 1.10 bits per heavy atom. The van der Waals surface area contributed by atoms with E-state index in [2.05, 4.69) is 42.3 Å². The van der Waals surface area contributed by atoms with Crippen molar-refractivity contribution in [2.45, 2.75) is 46.5 Å². The third-order valence-electron chi connectivity index (χ3n) is 4.45. The number of nitrogen functional groups attached to an aromatic ring is 1. The van der Waals surface area contributed by atoms with Crippen molar-refractivity contribution in [1.82, 2.24) is 4.57 Å². The van der Waals surface area contributed by atoms with Crippen LogP contribution in [0.4, 0.5) is 11.5 Å². The second kappa shape index (κ2) is 4.96. The summed E-state index contributed by atoms with van der Waals surface area (Å²) in [6.45, 7) is 13.8. The number of hydrogen-bond donors (Lipinski definition) is 1. The van der Waals surface area contributed by atoms with E-state index >= 15 is 0 Å². The Morgan fingerprint density at radius 2 is 1.71 bits per heavy atom. The lowest BCUT2D eigenvalue weighted by molar-refractivity contribution is 0.664. The summed E-state index contributed by atoms with van der Waals surface area (Å²) in [5.41, 5.74) is 14.3. The lowest BCUT2D eigenvalue weighted by Crippen LogP contribution is -2.11.